The lowest BCUT2D eigenvalue weighted by molar-refractivity contribution is 0.0699. The number of hydrogen-bond acceptors (Lipinski definition) is 4. The van der Waals surface area contributed by atoms with E-state index < -0.39 is 5.91 Å². The number of nitrogens with zero attached hydrogens (tertiary/aromatic N) is 1. The van der Waals surface area contributed by atoms with Crippen LogP contribution in [0.2, 0.25) is 5.02 Å². The summed E-state index contributed by atoms with van der Waals surface area (Å²) in [7, 11) is 0. The fraction of sp³-hybridized carbons (Fsp3) is 0.273. The van der Waals surface area contributed by atoms with Crippen molar-refractivity contribution >= 4 is 23.2 Å². The van der Waals surface area contributed by atoms with Crippen molar-refractivity contribution < 1.29 is 14.8 Å². The average molecular weight is 257 g/mol. The van der Waals surface area contributed by atoms with Gasteiger partial charge in [-0.3, -0.25) is 10.0 Å². The number of amides is 1. The van der Waals surface area contributed by atoms with Crippen molar-refractivity contribution in [1.82, 2.24) is 5.48 Å². The van der Waals surface area contributed by atoms with E-state index in [1.165, 1.54) is 0 Å². The van der Waals surface area contributed by atoms with E-state index in [0.29, 0.717) is 10.6 Å². The lowest BCUT2D eigenvalue weighted by Gasteiger charge is -2.08. The summed E-state index contributed by atoms with van der Waals surface area (Å²) in [5, 5.41) is 12.7. The fourth-order valence-electron chi connectivity index (χ4n) is 1.20. The van der Waals surface area contributed by atoms with Crippen LogP contribution >= 0.6 is 11.6 Å². The number of hydrogen-bond donors (Lipinski definition) is 2. The molecule has 1 aromatic rings. The Bertz CT molecular complexity index is 442. The Morgan fingerprint density at radius 1 is 1.53 bits per heavy atom. The summed E-state index contributed by atoms with van der Waals surface area (Å²) < 4.78 is 0. The SMILES string of the molecule is CC(C)=NOCc1c(Cl)cccc1C(=O)NO. The van der Waals surface area contributed by atoms with Gasteiger partial charge in [0, 0.05) is 16.1 Å². The molecule has 92 valence electrons. The number of hydroxylamine groups is 1. The lowest BCUT2D eigenvalue weighted by Crippen LogP contribution is -2.20. The van der Waals surface area contributed by atoms with Crippen LogP contribution in [-0.4, -0.2) is 16.8 Å². The number of carbonyl (C=O) groups excluding carboxylic acids is 1. The molecular weight excluding hydrogens is 244 g/mol. The molecule has 0 radical (unpaired) electrons. The van der Waals surface area contributed by atoms with Gasteiger partial charge in [0.1, 0.15) is 6.61 Å². The largest absolute Gasteiger partial charge is 0.391 e. The van der Waals surface area contributed by atoms with Crippen LogP contribution in [0.3, 0.4) is 0 Å². The minimum atomic E-state index is -0.636. The van der Waals surface area contributed by atoms with Gasteiger partial charge in [-0.15, -0.1) is 0 Å². The highest BCUT2D eigenvalue weighted by Gasteiger charge is 2.13. The molecular formula is C11H13ClN2O3. The van der Waals surface area contributed by atoms with Crippen molar-refractivity contribution in [3.63, 3.8) is 0 Å². The van der Waals surface area contributed by atoms with Crippen LogP contribution in [-0.2, 0) is 11.4 Å². The van der Waals surface area contributed by atoms with Crippen molar-refractivity contribution in [3.8, 4) is 0 Å². The molecule has 0 spiro atoms. The number of nitrogens with one attached hydrogen (secondary N) is 1. The van der Waals surface area contributed by atoms with Crippen molar-refractivity contribution in [3.05, 3.63) is 34.3 Å². The van der Waals surface area contributed by atoms with Crippen LogP contribution in [0.5, 0.6) is 0 Å². The number of rotatable bonds is 4. The zero-order valence-electron chi connectivity index (χ0n) is 9.53. The summed E-state index contributed by atoms with van der Waals surface area (Å²) in [4.78, 5) is 16.4. The Kier molecular flexibility index (Phi) is 4.93. The summed E-state index contributed by atoms with van der Waals surface area (Å²) in [5.74, 6) is -0.636. The predicted octanol–water partition coefficient (Wildman–Crippen LogP) is 2.37. The fourth-order valence-corrected chi connectivity index (χ4v) is 1.43. The van der Waals surface area contributed by atoms with E-state index in [9.17, 15) is 4.79 Å². The molecule has 5 nitrogen and oxygen atoms in total. The molecule has 1 rings (SSSR count). The molecule has 0 atom stereocenters. The molecule has 17 heavy (non-hydrogen) atoms. The Labute approximate surface area is 104 Å². The number of carbonyl (C=O) groups is 1. The summed E-state index contributed by atoms with van der Waals surface area (Å²) in [6, 6.07) is 4.79. The molecule has 1 aromatic carbocycles. The minimum Gasteiger partial charge on any atom is -0.391 e. The lowest BCUT2D eigenvalue weighted by atomic mass is 10.1. The van der Waals surface area contributed by atoms with Crippen LogP contribution in [0.4, 0.5) is 0 Å². The van der Waals surface area contributed by atoms with E-state index in [2.05, 4.69) is 5.16 Å². The smallest absolute Gasteiger partial charge is 0.275 e. The van der Waals surface area contributed by atoms with Crippen LogP contribution in [0.15, 0.2) is 23.4 Å². The highest BCUT2D eigenvalue weighted by atomic mass is 35.5. The first-order chi connectivity index (χ1) is 8.06. The number of halogens is 1. The van der Waals surface area contributed by atoms with E-state index in [1.54, 1.807) is 37.5 Å². The Morgan fingerprint density at radius 2 is 2.24 bits per heavy atom. The van der Waals surface area contributed by atoms with Gasteiger partial charge in [0.05, 0.1) is 5.71 Å². The Hall–Kier alpha value is -1.59. The number of benzene rings is 1. The molecule has 0 aromatic heterocycles. The van der Waals surface area contributed by atoms with E-state index in [0.717, 1.165) is 5.71 Å². The second-order valence-electron chi connectivity index (χ2n) is 3.52. The highest BCUT2D eigenvalue weighted by Crippen LogP contribution is 2.21. The minimum absolute atomic E-state index is 0.0631. The normalized spacial score (nSPS) is 9.65. The highest BCUT2D eigenvalue weighted by molar-refractivity contribution is 6.31. The number of oxime groups is 1. The average Bonchev–Trinajstić information content (AvgIpc) is 2.29. The third kappa shape index (κ3) is 3.72. The topological polar surface area (TPSA) is 70.9 Å². The molecule has 0 unspecified atom stereocenters. The summed E-state index contributed by atoms with van der Waals surface area (Å²) >= 11 is 5.96. The zero-order chi connectivity index (χ0) is 12.8. The maximum Gasteiger partial charge on any atom is 0.275 e. The van der Waals surface area contributed by atoms with Gasteiger partial charge >= 0.3 is 0 Å². The summed E-state index contributed by atoms with van der Waals surface area (Å²) in [5.41, 5.74) is 3.05. The maximum absolute atomic E-state index is 11.4. The van der Waals surface area contributed by atoms with Crippen LogP contribution in [0, 0.1) is 0 Å². The van der Waals surface area contributed by atoms with E-state index in [4.69, 9.17) is 21.6 Å². The van der Waals surface area contributed by atoms with Crippen molar-refractivity contribution in [2.75, 3.05) is 0 Å². The van der Waals surface area contributed by atoms with Crippen molar-refractivity contribution in [2.45, 2.75) is 20.5 Å². The standard InChI is InChI=1S/C11H13ClN2O3/c1-7(2)14-17-6-9-8(11(15)13-16)4-3-5-10(9)12/h3-5,16H,6H2,1-2H3,(H,13,15). The van der Waals surface area contributed by atoms with Gasteiger partial charge in [0.15, 0.2) is 0 Å². The van der Waals surface area contributed by atoms with Gasteiger partial charge in [0.2, 0.25) is 0 Å². The molecule has 0 saturated carbocycles. The van der Waals surface area contributed by atoms with Gasteiger partial charge in [-0.1, -0.05) is 22.8 Å². The summed E-state index contributed by atoms with van der Waals surface area (Å²) in [6.45, 7) is 3.63. The first-order valence-electron chi connectivity index (χ1n) is 4.91. The molecule has 0 fully saturated rings. The summed E-state index contributed by atoms with van der Waals surface area (Å²) in [6.07, 6.45) is 0. The van der Waals surface area contributed by atoms with Crippen molar-refractivity contribution in [1.29, 1.82) is 0 Å². The van der Waals surface area contributed by atoms with Gasteiger partial charge in [-0.25, -0.2) is 5.48 Å². The second kappa shape index (κ2) is 6.22. The van der Waals surface area contributed by atoms with E-state index in [1.807, 2.05) is 0 Å². The first-order valence-corrected chi connectivity index (χ1v) is 5.29. The van der Waals surface area contributed by atoms with Crippen LogP contribution in [0.25, 0.3) is 0 Å². The third-order valence-electron chi connectivity index (χ3n) is 1.92. The maximum atomic E-state index is 11.4. The zero-order valence-corrected chi connectivity index (χ0v) is 10.3. The molecule has 0 bridgehead atoms. The van der Waals surface area contributed by atoms with Crippen molar-refractivity contribution in [2.24, 2.45) is 5.16 Å². The molecule has 1 amide bonds. The Morgan fingerprint density at radius 3 is 2.82 bits per heavy atom. The van der Waals surface area contributed by atoms with Gasteiger partial charge < -0.3 is 4.84 Å². The van der Waals surface area contributed by atoms with Gasteiger partial charge in [-0.2, -0.15) is 0 Å². The van der Waals surface area contributed by atoms with E-state index >= 15 is 0 Å². The van der Waals surface area contributed by atoms with Gasteiger partial charge in [-0.05, 0) is 26.0 Å². The molecule has 0 aliphatic carbocycles. The van der Waals surface area contributed by atoms with Crippen LogP contribution in [0.1, 0.15) is 29.8 Å². The molecule has 2 N–H and O–H groups in total. The van der Waals surface area contributed by atoms with Gasteiger partial charge in [0.25, 0.3) is 5.91 Å². The van der Waals surface area contributed by atoms with Crippen LogP contribution < -0.4 is 5.48 Å². The Balaban J connectivity index is 2.96. The molecule has 0 saturated heterocycles. The molecule has 6 heteroatoms. The third-order valence-corrected chi connectivity index (χ3v) is 2.28. The predicted molar refractivity (Wildman–Crippen MR) is 64.3 cm³/mol. The second-order valence-corrected chi connectivity index (χ2v) is 3.93. The quantitative estimate of drug-likeness (QED) is 0.494. The molecule has 0 aliphatic rings. The monoisotopic (exact) mass is 256 g/mol. The molecule has 0 aliphatic heterocycles. The first kappa shape index (κ1) is 13.5. The molecule has 0 heterocycles. The van der Waals surface area contributed by atoms with E-state index in [-0.39, 0.29) is 12.2 Å².